The van der Waals surface area contributed by atoms with E-state index in [-0.39, 0.29) is 24.0 Å². The molecule has 0 saturated heterocycles. The first kappa shape index (κ1) is 10.4. The van der Waals surface area contributed by atoms with Gasteiger partial charge in [-0.25, -0.2) is 0 Å². The second-order valence-electron chi connectivity index (χ2n) is 2.31. The third-order valence-electron chi connectivity index (χ3n) is 1.42. The number of rotatable bonds is 0. The lowest BCUT2D eigenvalue weighted by Gasteiger charge is -1.90. The highest BCUT2D eigenvalue weighted by molar-refractivity contribution is 5.19. The summed E-state index contributed by atoms with van der Waals surface area (Å²) in [6, 6.07) is 5.93. The molecule has 1 rings (SSSR count). The molecule has 0 aliphatic carbocycles. The predicted octanol–water partition coefficient (Wildman–Crippen LogP) is -2.30. The minimum absolute atomic E-state index is 0. The molecule has 2 nitrogen and oxygen atoms in total. The van der Waals surface area contributed by atoms with Crippen LogP contribution < -0.4 is 28.5 Å². The van der Waals surface area contributed by atoms with Crippen molar-refractivity contribution in [3.05, 3.63) is 29.6 Å². The summed E-state index contributed by atoms with van der Waals surface area (Å²) in [6.45, 7) is 1.97. The van der Waals surface area contributed by atoms with E-state index in [0.717, 1.165) is 5.56 Å². The summed E-state index contributed by atoms with van der Waals surface area (Å²) in [5.41, 5.74) is 1.81. The van der Waals surface area contributed by atoms with Crippen molar-refractivity contribution >= 4 is 0 Å². The van der Waals surface area contributed by atoms with E-state index >= 15 is 0 Å². The van der Waals surface area contributed by atoms with E-state index in [1.54, 1.807) is 4.57 Å². The first-order valence-electron chi connectivity index (χ1n) is 3.10. The SMILES string of the molecule is Cc1cc[n+](C)c(C#N)c1.[I-]. The Morgan fingerprint density at radius 1 is 1.55 bits per heavy atom. The molecule has 58 valence electrons. The Kier molecular flexibility index (Phi) is 4.04. The van der Waals surface area contributed by atoms with Crippen molar-refractivity contribution in [1.29, 1.82) is 5.26 Å². The molecule has 11 heavy (non-hydrogen) atoms. The summed E-state index contributed by atoms with van der Waals surface area (Å²) in [4.78, 5) is 0. The monoisotopic (exact) mass is 260 g/mol. The molecule has 0 aromatic carbocycles. The van der Waals surface area contributed by atoms with E-state index in [1.165, 1.54) is 0 Å². The Morgan fingerprint density at radius 3 is 2.64 bits per heavy atom. The fourth-order valence-corrected chi connectivity index (χ4v) is 0.786. The van der Waals surface area contributed by atoms with Crippen LogP contribution in [0.25, 0.3) is 0 Å². The van der Waals surface area contributed by atoms with Gasteiger partial charge in [-0.1, -0.05) is 0 Å². The van der Waals surface area contributed by atoms with Gasteiger partial charge in [0.15, 0.2) is 12.3 Å². The van der Waals surface area contributed by atoms with Crippen LogP contribution in [-0.2, 0) is 7.05 Å². The van der Waals surface area contributed by atoms with Crippen molar-refractivity contribution in [1.82, 2.24) is 0 Å². The number of pyridine rings is 1. The zero-order valence-electron chi connectivity index (χ0n) is 6.50. The average Bonchev–Trinajstić information content (AvgIpc) is 1.94. The third-order valence-corrected chi connectivity index (χ3v) is 1.42. The number of nitrogens with zero attached hydrogens (tertiary/aromatic N) is 2. The zero-order valence-corrected chi connectivity index (χ0v) is 8.66. The van der Waals surface area contributed by atoms with Crippen molar-refractivity contribution in [2.75, 3.05) is 0 Å². The van der Waals surface area contributed by atoms with E-state index in [0.29, 0.717) is 5.69 Å². The molecule has 0 N–H and O–H groups in total. The smallest absolute Gasteiger partial charge is 0.283 e. The molecule has 0 amide bonds. The van der Waals surface area contributed by atoms with Crippen LogP contribution in [0.3, 0.4) is 0 Å². The predicted molar refractivity (Wildman–Crippen MR) is 37.1 cm³/mol. The number of aryl methyl sites for hydroxylation is 2. The first-order chi connectivity index (χ1) is 4.74. The standard InChI is InChI=1S/C8H9N2.HI/c1-7-3-4-10(2)8(5-7)6-9;/h3-5H,1-2H3;1H/q+1;/p-1. The van der Waals surface area contributed by atoms with Gasteiger partial charge in [0, 0.05) is 12.1 Å². The third kappa shape index (κ3) is 2.46. The maximum Gasteiger partial charge on any atom is 0.283 e. The highest BCUT2D eigenvalue weighted by atomic mass is 127. The van der Waals surface area contributed by atoms with Gasteiger partial charge in [0.25, 0.3) is 5.69 Å². The summed E-state index contributed by atoms with van der Waals surface area (Å²) in [6.07, 6.45) is 1.88. The Bertz CT molecular complexity index is 289. The molecule has 3 heteroatoms. The number of halogens is 1. The van der Waals surface area contributed by atoms with Gasteiger partial charge in [0.1, 0.15) is 7.05 Å². The van der Waals surface area contributed by atoms with Crippen molar-refractivity contribution in [3.8, 4) is 6.07 Å². The fraction of sp³-hybridized carbons (Fsp3) is 0.250. The van der Waals surface area contributed by atoms with E-state index in [1.807, 2.05) is 32.3 Å². The van der Waals surface area contributed by atoms with Crippen LogP contribution in [0.4, 0.5) is 0 Å². The zero-order chi connectivity index (χ0) is 7.56. The van der Waals surface area contributed by atoms with E-state index < -0.39 is 0 Å². The normalized spacial score (nSPS) is 8.09. The Labute approximate surface area is 83.5 Å². The number of nitriles is 1. The van der Waals surface area contributed by atoms with Gasteiger partial charge in [-0.2, -0.15) is 9.83 Å². The van der Waals surface area contributed by atoms with Crippen LogP contribution in [0.15, 0.2) is 18.3 Å². The van der Waals surface area contributed by atoms with Crippen LogP contribution in [0.5, 0.6) is 0 Å². The average molecular weight is 260 g/mol. The minimum atomic E-state index is 0. The van der Waals surface area contributed by atoms with Crippen LogP contribution in [-0.4, -0.2) is 0 Å². The maximum atomic E-state index is 8.57. The van der Waals surface area contributed by atoms with E-state index in [2.05, 4.69) is 6.07 Å². The first-order valence-corrected chi connectivity index (χ1v) is 3.10. The van der Waals surface area contributed by atoms with E-state index in [4.69, 9.17) is 5.26 Å². The van der Waals surface area contributed by atoms with Crippen LogP contribution >= 0.6 is 0 Å². The summed E-state index contributed by atoms with van der Waals surface area (Å²) in [5.74, 6) is 0. The maximum absolute atomic E-state index is 8.57. The second-order valence-corrected chi connectivity index (χ2v) is 2.31. The Hall–Kier alpha value is -0.630. The molecule has 0 spiro atoms. The second kappa shape index (κ2) is 4.29. The molecule has 1 aromatic rings. The minimum Gasteiger partial charge on any atom is -1.00 e. The topological polar surface area (TPSA) is 27.7 Å². The summed E-state index contributed by atoms with van der Waals surface area (Å²) in [7, 11) is 1.86. The Morgan fingerprint density at radius 2 is 2.18 bits per heavy atom. The van der Waals surface area contributed by atoms with Gasteiger partial charge in [0.2, 0.25) is 0 Å². The fourth-order valence-electron chi connectivity index (χ4n) is 0.786. The summed E-state index contributed by atoms with van der Waals surface area (Å²) < 4.78 is 1.80. The lowest BCUT2D eigenvalue weighted by Crippen LogP contribution is -3.00. The lowest BCUT2D eigenvalue weighted by molar-refractivity contribution is -0.674. The van der Waals surface area contributed by atoms with Crippen LogP contribution in [0.1, 0.15) is 11.3 Å². The van der Waals surface area contributed by atoms with Gasteiger partial charge >= 0.3 is 0 Å². The lowest BCUT2D eigenvalue weighted by atomic mass is 10.2. The van der Waals surface area contributed by atoms with Gasteiger partial charge in [-0.05, 0) is 12.5 Å². The highest BCUT2D eigenvalue weighted by Crippen LogP contribution is 1.94. The molecule has 0 unspecified atom stereocenters. The molecule has 1 heterocycles. The molecular weight excluding hydrogens is 251 g/mol. The van der Waals surface area contributed by atoms with Crippen molar-refractivity contribution < 1.29 is 28.5 Å². The molecule has 1 aromatic heterocycles. The quantitative estimate of drug-likeness (QED) is 0.380. The van der Waals surface area contributed by atoms with Crippen LogP contribution in [0, 0.1) is 18.3 Å². The Balaban J connectivity index is 0.000001000. The van der Waals surface area contributed by atoms with Gasteiger partial charge < -0.3 is 24.0 Å². The molecule has 0 atom stereocenters. The molecule has 0 radical (unpaired) electrons. The van der Waals surface area contributed by atoms with Gasteiger partial charge in [-0.15, -0.1) is 0 Å². The highest BCUT2D eigenvalue weighted by Gasteiger charge is 2.02. The molecular formula is C8H9IN2. The van der Waals surface area contributed by atoms with Crippen molar-refractivity contribution in [2.45, 2.75) is 6.92 Å². The number of aromatic nitrogens is 1. The largest absolute Gasteiger partial charge is 1.00 e. The van der Waals surface area contributed by atoms with Crippen molar-refractivity contribution in [3.63, 3.8) is 0 Å². The molecule has 0 aliphatic heterocycles. The van der Waals surface area contributed by atoms with Crippen molar-refractivity contribution in [2.24, 2.45) is 7.05 Å². The van der Waals surface area contributed by atoms with Crippen LogP contribution in [0.2, 0.25) is 0 Å². The summed E-state index contributed by atoms with van der Waals surface area (Å²) >= 11 is 0. The summed E-state index contributed by atoms with van der Waals surface area (Å²) in [5, 5.41) is 8.57. The van der Waals surface area contributed by atoms with Gasteiger partial charge in [0.05, 0.1) is 0 Å². The van der Waals surface area contributed by atoms with Gasteiger partial charge in [-0.3, -0.25) is 0 Å². The number of hydrogen-bond acceptors (Lipinski definition) is 1. The number of hydrogen-bond donors (Lipinski definition) is 0. The molecule has 0 aliphatic rings. The molecule has 0 saturated carbocycles. The van der Waals surface area contributed by atoms with E-state index in [9.17, 15) is 0 Å². The molecule has 0 bridgehead atoms. The molecule has 0 fully saturated rings.